The van der Waals surface area contributed by atoms with Gasteiger partial charge in [0.25, 0.3) is 0 Å². The van der Waals surface area contributed by atoms with Crippen molar-refractivity contribution in [1.82, 2.24) is 0 Å². The van der Waals surface area contributed by atoms with Crippen LogP contribution in [0.3, 0.4) is 0 Å². The molecule has 0 aromatic heterocycles. The quantitative estimate of drug-likeness (QED) is 0.0169. The number of hydrogen-bond acceptors (Lipinski definition) is 15. The maximum atomic E-state index is 13.1. The Labute approximate surface area is 593 Å². The van der Waals surface area contributed by atoms with Crippen molar-refractivity contribution in [2.45, 2.75) is 316 Å². The zero-order valence-corrected chi connectivity index (χ0v) is 63.0. The van der Waals surface area contributed by atoms with Crippen molar-refractivity contribution in [2.24, 2.45) is 0 Å². The number of rotatable bonds is 70. The van der Waals surface area contributed by atoms with Crippen molar-refractivity contribution in [3.05, 3.63) is 122 Å². The number of phosphoric acid groups is 2. The highest BCUT2D eigenvalue weighted by Crippen LogP contribution is 2.45. The van der Waals surface area contributed by atoms with Crippen molar-refractivity contribution in [3.8, 4) is 0 Å². The molecule has 0 aromatic carbocycles. The molecule has 0 spiro atoms. The summed E-state index contributed by atoms with van der Waals surface area (Å²) in [5.41, 5.74) is 0. The summed E-state index contributed by atoms with van der Waals surface area (Å²) in [6, 6.07) is 0. The molecule has 5 atom stereocenters. The van der Waals surface area contributed by atoms with Crippen LogP contribution >= 0.6 is 15.6 Å². The number of carbonyl (C=O) groups excluding carboxylic acids is 4. The molecule has 0 aromatic rings. The molecule has 19 heteroatoms. The van der Waals surface area contributed by atoms with Gasteiger partial charge in [-0.2, -0.15) is 0 Å². The number of hydrogen-bond donors (Lipinski definition) is 3. The molecule has 0 aliphatic heterocycles. The number of unbranched alkanes of at least 4 members (excludes halogenated alkanes) is 24. The monoisotopic (exact) mass is 1420 g/mol. The SMILES string of the molecule is CC/C=C\C/C=C\C/C=C\C/C=C\CCCCCCCCC(=O)OCC(COP(=O)(O)OCC(O)COP(=O)(O)OCC(COC(=O)CCCCCCC/C=C\C/C=C\C/C=C\CC)OC(=O)CCCCCCC/C=C\C/C=C\CCC)OC(=O)CCCCCCC/C=C\CCCC. The number of aliphatic hydroxyl groups is 1. The molecule has 0 saturated carbocycles. The van der Waals surface area contributed by atoms with E-state index in [0.717, 1.165) is 205 Å². The van der Waals surface area contributed by atoms with Crippen LogP contribution in [-0.4, -0.2) is 96.7 Å². The second-order valence-corrected chi connectivity index (χ2v) is 27.7. The van der Waals surface area contributed by atoms with E-state index < -0.39 is 97.5 Å². The van der Waals surface area contributed by atoms with E-state index in [4.69, 9.17) is 37.0 Å². The third-order valence-corrected chi connectivity index (χ3v) is 17.3. The van der Waals surface area contributed by atoms with E-state index >= 15 is 0 Å². The van der Waals surface area contributed by atoms with Crippen LogP contribution in [0.25, 0.3) is 0 Å². The summed E-state index contributed by atoms with van der Waals surface area (Å²) in [5, 5.41) is 10.6. The minimum Gasteiger partial charge on any atom is -0.462 e. The summed E-state index contributed by atoms with van der Waals surface area (Å²) in [6.45, 7) is 4.48. The van der Waals surface area contributed by atoms with Crippen LogP contribution in [0.15, 0.2) is 122 Å². The van der Waals surface area contributed by atoms with Gasteiger partial charge < -0.3 is 33.8 Å². The standard InChI is InChI=1S/C79H134O17P2/c1-5-9-13-17-21-25-29-32-34-35-36-37-39-42-45-48-52-56-60-64-77(82)89-69-74(95-78(83)65-61-57-53-49-43-28-24-20-16-12-8-4)71-93-97(85,86)91-67-73(80)68-92-98(87,88)94-72-75(96-79(84)66-62-58-54-50-46-40-31-27-23-19-15-11-7-3)70-90-76(81)63-59-55-51-47-44-41-38-33-30-26-22-18-14-10-6-2/h9-10,13-15,19-22,24-27,31-34,36-38,73-75,80H,5-8,11-12,16-18,23,28-30,35,39-72H2,1-4H3,(H,85,86)(H,87,88)/b13-9-,14-10-,19-15-,24-20-,25-21-,26-22-,31-27-,34-32-,37-36-,38-33-. The molecule has 0 aliphatic carbocycles. The highest BCUT2D eigenvalue weighted by molar-refractivity contribution is 7.47. The van der Waals surface area contributed by atoms with Gasteiger partial charge in [0, 0.05) is 25.7 Å². The number of phosphoric ester groups is 2. The lowest BCUT2D eigenvalue weighted by Gasteiger charge is -2.21. The summed E-state index contributed by atoms with van der Waals surface area (Å²) in [6.07, 6.45) is 76.2. The Balaban J connectivity index is 5.33. The van der Waals surface area contributed by atoms with Crippen molar-refractivity contribution in [2.75, 3.05) is 39.6 Å². The molecule has 3 N–H and O–H groups in total. The first-order valence-corrected chi connectivity index (χ1v) is 40.8. The average molecular weight is 1420 g/mol. The molecule has 562 valence electrons. The number of carbonyl (C=O) groups is 4. The van der Waals surface area contributed by atoms with Gasteiger partial charge in [-0.25, -0.2) is 9.13 Å². The van der Waals surface area contributed by atoms with Gasteiger partial charge in [-0.15, -0.1) is 0 Å². The summed E-state index contributed by atoms with van der Waals surface area (Å²) in [4.78, 5) is 72.8. The van der Waals surface area contributed by atoms with E-state index in [0.29, 0.717) is 25.7 Å². The van der Waals surface area contributed by atoms with Gasteiger partial charge in [-0.1, -0.05) is 252 Å². The average Bonchev–Trinajstić information content (AvgIpc) is 1.00. The van der Waals surface area contributed by atoms with E-state index in [1.54, 1.807) is 0 Å². The predicted octanol–water partition coefficient (Wildman–Crippen LogP) is 21.6. The molecule has 0 amide bonds. The van der Waals surface area contributed by atoms with Gasteiger partial charge in [-0.05, 0) is 141 Å². The smallest absolute Gasteiger partial charge is 0.462 e. The molecule has 0 radical (unpaired) electrons. The third-order valence-electron chi connectivity index (χ3n) is 15.4. The molecule has 0 bridgehead atoms. The maximum absolute atomic E-state index is 13.1. The molecule has 98 heavy (non-hydrogen) atoms. The van der Waals surface area contributed by atoms with E-state index in [1.807, 2.05) is 0 Å². The minimum absolute atomic E-state index is 0.0727. The van der Waals surface area contributed by atoms with E-state index in [9.17, 15) is 43.2 Å². The van der Waals surface area contributed by atoms with Gasteiger partial charge in [0.1, 0.15) is 19.3 Å². The molecule has 0 saturated heterocycles. The fraction of sp³-hybridized carbons (Fsp3) is 0.696. The van der Waals surface area contributed by atoms with Crippen LogP contribution in [0, 0.1) is 0 Å². The third kappa shape index (κ3) is 69.9. The molecule has 5 unspecified atom stereocenters. The van der Waals surface area contributed by atoms with Crippen LogP contribution in [0.1, 0.15) is 297 Å². The molecule has 17 nitrogen and oxygen atoms in total. The zero-order chi connectivity index (χ0) is 71.8. The summed E-state index contributed by atoms with van der Waals surface area (Å²) in [7, 11) is -9.96. The maximum Gasteiger partial charge on any atom is 0.472 e. The summed E-state index contributed by atoms with van der Waals surface area (Å²) in [5.74, 6) is -2.23. The van der Waals surface area contributed by atoms with Crippen LogP contribution in [0.2, 0.25) is 0 Å². The molecular weight excluding hydrogens is 1280 g/mol. The van der Waals surface area contributed by atoms with E-state index in [2.05, 4.69) is 149 Å². The first-order valence-electron chi connectivity index (χ1n) is 37.8. The second kappa shape index (κ2) is 70.9. The van der Waals surface area contributed by atoms with E-state index in [1.165, 1.54) is 12.8 Å². The van der Waals surface area contributed by atoms with Crippen molar-refractivity contribution >= 4 is 39.5 Å². The highest BCUT2D eigenvalue weighted by Gasteiger charge is 2.30. The minimum atomic E-state index is -4.98. The first-order chi connectivity index (χ1) is 47.7. The molecule has 0 aliphatic rings. The number of aliphatic hydroxyl groups excluding tert-OH is 1. The Morgan fingerprint density at radius 1 is 0.296 bits per heavy atom. The number of allylic oxidation sites excluding steroid dienone is 20. The Hall–Kier alpha value is -4.54. The molecule has 0 fully saturated rings. The topological polar surface area (TPSA) is 237 Å². The lowest BCUT2D eigenvalue weighted by Crippen LogP contribution is -2.30. The molecule has 0 heterocycles. The van der Waals surface area contributed by atoms with Crippen LogP contribution in [-0.2, 0) is 65.4 Å². The predicted molar refractivity (Wildman–Crippen MR) is 399 cm³/mol. The fourth-order valence-corrected chi connectivity index (χ4v) is 11.2. The first kappa shape index (κ1) is 93.5. The van der Waals surface area contributed by atoms with E-state index in [-0.39, 0.29) is 25.7 Å². The van der Waals surface area contributed by atoms with Crippen molar-refractivity contribution in [3.63, 3.8) is 0 Å². The Morgan fingerprint density at radius 2 is 0.551 bits per heavy atom. The lowest BCUT2D eigenvalue weighted by molar-refractivity contribution is -0.161. The second-order valence-electron chi connectivity index (χ2n) is 24.8. The molecular formula is C79H134O17P2. The van der Waals surface area contributed by atoms with Crippen molar-refractivity contribution < 1.29 is 80.2 Å². The van der Waals surface area contributed by atoms with Gasteiger partial charge in [-0.3, -0.25) is 37.3 Å². The van der Waals surface area contributed by atoms with Crippen LogP contribution in [0.4, 0.5) is 0 Å². The van der Waals surface area contributed by atoms with Gasteiger partial charge in [0.05, 0.1) is 26.4 Å². The highest BCUT2D eigenvalue weighted by atomic mass is 31.2. The van der Waals surface area contributed by atoms with Gasteiger partial charge in [0.15, 0.2) is 12.2 Å². The van der Waals surface area contributed by atoms with Crippen LogP contribution < -0.4 is 0 Å². The Bertz CT molecular complexity index is 2340. The largest absolute Gasteiger partial charge is 0.472 e. The Kier molecular flexibility index (Phi) is 67.6. The lowest BCUT2D eigenvalue weighted by atomic mass is 10.1. The fourth-order valence-electron chi connectivity index (χ4n) is 9.66. The van der Waals surface area contributed by atoms with Gasteiger partial charge in [0.2, 0.25) is 0 Å². The Morgan fingerprint density at radius 3 is 0.867 bits per heavy atom. The normalized spacial score (nSPS) is 14.6. The van der Waals surface area contributed by atoms with Gasteiger partial charge >= 0.3 is 39.5 Å². The summed E-state index contributed by atoms with van der Waals surface area (Å²) < 4.78 is 68.4. The number of ether oxygens (including phenoxy) is 4. The summed E-state index contributed by atoms with van der Waals surface area (Å²) >= 11 is 0. The zero-order valence-electron chi connectivity index (χ0n) is 61.2. The van der Waals surface area contributed by atoms with Crippen molar-refractivity contribution in [1.29, 1.82) is 0 Å². The molecule has 0 rings (SSSR count). The van der Waals surface area contributed by atoms with Crippen LogP contribution in [0.5, 0.6) is 0 Å². The number of esters is 4.